The van der Waals surface area contributed by atoms with Crippen LogP contribution in [0.25, 0.3) is 0 Å². The van der Waals surface area contributed by atoms with E-state index in [2.05, 4.69) is 17.4 Å². The van der Waals surface area contributed by atoms with Gasteiger partial charge < -0.3 is 25.3 Å². The molecule has 0 saturated carbocycles. The van der Waals surface area contributed by atoms with E-state index < -0.39 is 5.79 Å². The van der Waals surface area contributed by atoms with Gasteiger partial charge in [-0.2, -0.15) is 0 Å². The van der Waals surface area contributed by atoms with E-state index in [0.717, 1.165) is 12.1 Å². The largest absolute Gasteiger partial charge is 0.369 e. The molecule has 1 aromatic rings. The maximum atomic E-state index is 6.14. The molecule has 116 valence electrons. The molecule has 2 heterocycles. The molecule has 0 aliphatic carbocycles. The van der Waals surface area contributed by atoms with E-state index >= 15 is 0 Å². The minimum atomic E-state index is -0.599. The van der Waals surface area contributed by atoms with Crippen molar-refractivity contribution in [1.82, 2.24) is 5.32 Å². The average molecular weight is 292 g/mol. The highest BCUT2D eigenvalue weighted by atomic mass is 16.8. The molecule has 2 saturated heterocycles. The van der Waals surface area contributed by atoms with E-state index in [0.29, 0.717) is 19.2 Å². The molecule has 2 aliphatic heterocycles. The van der Waals surface area contributed by atoms with Gasteiger partial charge in [-0.3, -0.25) is 0 Å². The zero-order chi connectivity index (χ0) is 14.9. The van der Waals surface area contributed by atoms with Gasteiger partial charge in [0.05, 0.1) is 6.61 Å². The van der Waals surface area contributed by atoms with Crippen LogP contribution in [0.1, 0.15) is 19.4 Å². The fourth-order valence-electron chi connectivity index (χ4n) is 2.83. The topological polar surface area (TPSA) is 75.7 Å². The van der Waals surface area contributed by atoms with E-state index in [1.807, 2.05) is 32.0 Å². The van der Waals surface area contributed by atoms with Crippen molar-refractivity contribution in [3.05, 3.63) is 35.9 Å². The Morgan fingerprint density at radius 2 is 2.05 bits per heavy atom. The molecular weight excluding hydrogens is 268 g/mol. The number of rotatable bonds is 6. The van der Waals surface area contributed by atoms with Gasteiger partial charge >= 0.3 is 0 Å². The van der Waals surface area contributed by atoms with Gasteiger partial charge in [0.15, 0.2) is 5.79 Å². The molecule has 4 unspecified atom stereocenters. The molecular formula is C16H24N2O3. The molecule has 0 bridgehead atoms. The Morgan fingerprint density at radius 1 is 1.33 bits per heavy atom. The molecule has 5 heteroatoms. The third-order valence-electron chi connectivity index (χ3n) is 3.90. The lowest BCUT2D eigenvalue weighted by molar-refractivity contribution is -0.160. The van der Waals surface area contributed by atoms with Crippen LogP contribution < -0.4 is 11.1 Å². The molecule has 5 nitrogen and oxygen atoms in total. The monoisotopic (exact) mass is 292 g/mol. The number of nitrogens with one attached hydrogen (secondary N) is 1. The van der Waals surface area contributed by atoms with Crippen LogP contribution in [0.5, 0.6) is 0 Å². The van der Waals surface area contributed by atoms with Crippen LogP contribution in [-0.4, -0.2) is 43.2 Å². The summed E-state index contributed by atoms with van der Waals surface area (Å²) in [6.45, 7) is 5.80. The fourth-order valence-corrected chi connectivity index (χ4v) is 2.83. The zero-order valence-corrected chi connectivity index (χ0v) is 12.6. The SMILES string of the molecule is CC1(C)OC(CN)C(C(OCc2ccccc2)C2CN2)O1. The van der Waals surface area contributed by atoms with Gasteiger partial charge in [-0.15, -0.1) is 0 Å². The van der Waals surface area contributed by atoms with Crippen LogP contribution in [0, 0.1) is 0 Å². The lowest BCUT2D eigenvalue weighted by Crippen LogP contribution is -2.44. The Labute approximate surface area is 125 Å². The highest BCUT2D eigenvalue weighted by molar-refractivity contribution is 5.13. The second-order valence-electron chi connectivity index (χ2n) is 6.15. The zero-order valence-electron chi connectivity index (χ0n) is 12.6. The van der Waals surface area contributed by atoms with E-state index in [4.69, 9.17) is 19.9 Å². The first kappa shape index (κ1) is 14.9. The van der Waals surface area contributed by atoms with E-state index in [1.165, 1.54) is 0 Å². The summed E-state index contributed by atoms with van der Waals surface area (Å²) in [6.07, 6.45) is -0.294. The van der Waals surface area contributed by atoms with Gasteiger partial charge in [-0.25, -0.2) is 0 Å². The molecule has 2 fully saturated rings. The third kappa shape index (κ3) is 3.62. The fraction of sp³-hybridized carbons (Fsp3) is 0.625. The highest BCUT2D eigenvalue weighted by Crippen LogP contribution is 2.33. The first-order chi connectivity index (χ1) is 10.1. The van der Waals surface area contributed by atoms with Crippen molar-refractivity contribution in [2.45, 2.75) is 50.6 Å². The molecule has 0 radical (unpaired) electrons. The lowest BCUT2D eigenvalue weighted by atomic mass is 10.1. The van der Waals surface area contributed by atoms with Gasteiger partial charge in [-0.1, -0.05) is 30.3 Å². The normalized spacial score (nSPS) is 32.0. The van der Waals surface area contributed by atoms with Gasteiger partial charge in [-0.05, 0) is 19.4 Å². The molecule has 1 aromatic carbocycles. The molecule has 3 N–H and O–H groups in total. The van der Waals surface area contributed by atoms with E-state index in [1.54, 1.807) is 0 Å². The van der Waals surface area contributed by atoms with Crippen molar-refractivity contribution in [3.63, 3.8) is 0 Å². The van der Waals surface area contributed by atoms with Crippen molar-refractivity contribution in [1.29, 1.82) is 0 Å². The van der Waals surface area contributed by atoms with Crippen molar-refractivity contribution >= 4 is 0 Å². The number of nitrogens with two attached hydrogens (primary N) is 1. The Balaban J connectivity index is 1.67. The second-order valence-corrected chi connectivity index (χ2v) is 6.15. The number of ether oxygens (including phenoxy) is 3. The van der Waals surface area contributed by atoms with Gasteiger partial charge in [0.25, 0.3) is 0 Å². The summed E-state index contributed by atoms with van der Waals surface area (Å²) < 4.78 is 18.0. The first-order valence-electron chi connectivity index (χ1n) is 7.54. The van der Waals surface area contributed by atoms with Crippen molar-refractivity contribution in [2.75, 3.05) is 13.1 Å². The van der Waals surface area contributed by atoms with Crippen LogP contribution in [-0.2, 0) is 20.8 Å². The Morgan fingerprint density at radius 3 is 2.67 bits per heavy atom. The number of benzene rings is 1. The minimum Gasteiger partial charge on any atom is -0.369 e. The van der Waals surface area contributed by atoms with Crippen molar-refractivity contribution in [2.24, 2.45) is 5.73 Å². The molecule has 3 rings (SSSR count). The number of hydrogen-bond donors (Lipinski definition) is 2. The standard InChI is InChI=1S/C16H24N2O3/c1-16(2)20-13(8-17)15(21-16)14(12-9-18-12)19-10-11-6-4-3-5-7-11/h3-7,12-15,18H,8-10,17H2,1-2H3. The van der Waals surface area contributed by atoms with Crippen LogP contribution in [0.4, 0.5) is 0 Å². The molecule has 0 aromatic heterocycles. The van der Waals surface area contributed by atoms with Crippen molar-refractivity contribution < 1.29 is 14.2 Å². The summed E-state index contributed by atoms with van der Waals surface area (Å²) in [7, 11) is 0. The minimum absolute atomic E-state index is 0.0412. The van der Waals surface area contributed by atoms with Crippen LogP contribution in [0.15, 0.2) is 30.3 Å². The summed E-state index contributed by atoms with van der Waals surface area (Å²) in [5, 5.41) is 3.32. The maximum absolute atomic E-state index is 6.14. The molecule has 0 amide bonds. The van der Waals surface area contributed by atoms with Gasteiger partial charge in [0.2, 0.25) is 0 Å². The lowest BCUT2D eigenvalue weighted by Gasteiger charge is -2.26. The quantitative estimate of drug-likeness (QED) is 0.766. The highest BCUT2D eigenvalue weighted by Gasteiger charge is 2.49. The first-order valence-corrected chi connectivity index (χ1v) is 7.54. The van der Waals surface area contributed by atoms with E-state index in [-0.39, 0.29) is 18.3 Å². The van der Waals surface area contributed by atoms with Gasteiger partial charge in [0.1, 0.15) is 18.3 Å². The average Bonchev–Trinajstić information content (AvgIpc) is 3.25. The van der Waals surface area contributed by atoms with Crippen molar-refractivity contribution in [3.8, 4) is 0 Å². The predicted molar refractivity (Wildman–Crippen MR) is 79.7 cm³/mol. The summed E-state index contributed by atoms with van der Waals surface area (Å²) >= 11 is 0. The Bertz CT molecular complexity index is 462. The molecule has 21 heavy (non-hydrogen) atoms. The summed E-state index contributed by atoms with van der Waals surface area (Å²) in [6, 6.07) is 10.5. The predicted octanol–water partition coefficient (Wildman–Crippen LogP) is 1.02. The van der Waals surface area contributed by atoms with E-state index in [9.17, 15) is 0 Å². The maximum Gasteiger partial charge on any atom is 0.163 e. The summed E-state index contributed by atoms with van der Waals surface area (Å²) in [5.74, 6) is -0.599. The van der Waals surface area contributed by atoms with Crippen LogP contribution >= 0.6 is 0 Å². The Kier molecular flexibility index (Phi) is 4.28. The van der Waals surface area contributed by atoms with Crippen LogP contribution in [0.3, 0.4) is 0 Å². The van der Waals surface area contributed by atoms with Gasteiger partial charge in [0, 0.05) is 19.1 Å². The summed E-state index contributed by atoms with van der Waals surface area (Å²) in [4.78, 5) is 0. The molecule has 4 atom stereocenters. The summed E-state index contributed by atoms with van der Waals surface area (Å²) in [5.41, 5.74) is 6.99. The third-order valence-corrected chi connectivity index (χ3v) is 3.90. The van der Waals surface area contributed by atoms with Crippen LogP contribution in [0.2, 0.25) is 0 Å². The Hall–Kier alpha value is -0.980. The smallest absolute Gasteiger partial charge is 0.163 e. The molecule has 2 aliphatic rings. The molecule has 0 spiro atoms. The number of hydrogen-bond acceptors (Lipinski definition) is 5. The second kappa shape index (κ2) is 6.02.